The van der Waals surface area contributed by atoms with Gasteiger partial charge in [-0.15, -0.1) is 0 Å². The number of hydrogen-bond donors (Lipinski definition) is 1. The Bertz CT molecular complexity index is 905. The van der Waals surface area contributed by atoms with Crippen LogP contribution in [0.5, 0.6) is 0 Å². The SMILES string of the molecule is O=C(NC(N1CCCCC1c1cccnc1)(C(F)(F)F)C(F)(F)F)c1ccccc1Cl. The van der Waals surface area contributed by atoms with Crippen LogP contribution >= 0.6 is 11.6 Å². The standard InChI is InChI=1S/C20H18ClF6N3O/c21-15-8-2-1-7-14(15)17(31)29-18(19(22,23)24,20(25,26)27)30-11-4-3-9-16(30)13-6-5-10-28-12-13/h1-2,5-8,10,12,16H,3-4,9,11H2,(H,29,31). The summed E-state index contributed by atoms with van der Waals surface area (Å²) in [4.78, 5) is 16.7. The second-order valence-electron chi connectivity index (χ2n) is 7.13. The van der Waals surface area contributed by atoms with E-state index in [1.54, 1.807) is 0 Å². The van der Waals surface area contributed by atoms with Crippen molar-refractivity contribution in [1.29, 1.82) is 0 Å². The number of benzene rings is 1. The largest absolute Gasteiger partial charge is 0.434 e. The van der Waals surface area contributed by atoms with Crippen LogP contribution in [0.25, 0.3) is 0 Å². The molecule has 1 aliphatic heterocycles. The van der Waals surface area contributed by atoms with Crippen LogP contribution in [0.4, 0.5) is 26.3 Å². The minimum Gasteiger partial charge on any atom is -0.318 e. The van der Waals surface area contributed by atoms with Crippen molar-refractivity contribution in [2.75, 3.05) is 6.54 Å². The van der Waals surface area contributed by atoms with Gasteiger partial charge in [0.25, 0.3) is 11.6 Å². The second kappa shape index (κ2) is 8.66. The van der Waals surface area contributed by atoms with Crippen molar-refractivity contribution in [3.05, 3.63) is 64.9 Å². The lowest BCUT2D eigenvalue weighted by Crippen LogP contribution is -2.77. The second-order valence-corrected chi connectivity index (χ2v) is 7.54. The highest BCUT2D eigenvalue weighted by molar-refractivity contribution is 6.33. The molecule has 1 amide bonds. The number of amides is 1. The number of carbonyl (C=O) groups excluding carboxylic acids is 1. The number of alkyl halides is 6. The smallest absolute Gasteiger partial charge is 0.318 e. The molecule has 2 aromatic rings. The maximum Gasteiger partial charge on any atom is 0.434 e. The summed E-state index contributed by atoms with van der Waals surface area (Å²) in [7, 11) is 0. The average molecular weight is 466 g/mol. The minimum atomic E-state index is -5.88. The van der Waals surface area contributed by atoms with E-state index in [9.17, 15) is 31.1 Å². The quantitative estimate of drug-likeness (QED) is 0.605. The van der Waals surface area contributed by atoms with Gasteiger partial charge >= 0.3 is 12.4 Å². The summed E-state index contributed by atoms with van der Waals surface area (Å²) in [5, 5.41) is 1.01. The Hall–Kier alpha value is -2.33. The van der Waals surface area contributed by atoms with Crippen molar-refractivity contribution in [3.63, 3.8) is 0 Å². The van der Waals surface area contributed by atoms with E-state index < -0.39 is 42.1 Å². The molecule has 168 valence electrons. The Balaban J connectivity index is 2.15. The fraction of sp³-hybridized carbons (Fsp3) is 0.400. The molecule has 1 N–H and O–H groups in total. The topological polar surface area (TPSA) is 45.2 Å². The normalized spacial score (nSPS) is 18.6. The van der Waals surface area contributed by atoms with Gasteiger partial charge in [0.2, 0.25) is 0 Å². The maximum absolute atomic E-state index is 14.3. The van der Waals surface area contributed by atoms with Gasteiger partial charge in [-0.2, -0.15) is 26.3 Å². The molecule has 1 aliphatic rings. The van der Waals surface area contributed by atoms with Crippen LogP contribution in [0.3, 0.4) is 0 Å². The summed E-state index contributed by atoms with van der Waals surface area (Å²) in [5.74, 6) is -1.57. The number of piperidine rings is 1. The third-order valence-electron chi connectivity index (χ3n) is 5.24. The van der Waals surface area contributed by atoms with Gasteiger partial charge in [0.05, 0.1) is 10.6 Å². The van der Waals surface area contributed by atoms with Crippen LogP contribution in [0, 0.1) is 0 Å². The van der Waals surface area contributed by atoms with Gasteiger partial charge in [-0.3, -0.25) is 14.7 Å². The first-order chi connectivity index (χ1) is 14.5. The number of nitrogens with zero attached hydrogens (tertiary/aromatic N) is 2. The van der Waals surface area contributed by atoms with Crippen LogP contribution in [0.15, 0.2) is 48.8 Å². The van der Waals surface area contributed by atoms with Gasteiger partial charge < -0.3 is 5.32 Å². The van der Waals surface area contributed by atoms with Crippen LogP contribution in [0.1, 0.15) is 41.2 Å². The number of likely N-dealkylation sites (tertiary alicyclic amines) is 1. The molecule has 1 saturated heterocycles. The molecule has 0 radical (unpaired) electrons. The van der Waals surface area contributed by atoms with Crippen molar-refractivity contribution in [1.82, 2.24) is 15.2 Å². The molecule has 1 aromatic heterocycles. The first-order valence-electron chi connectivity index (χ1n) is 9.36. The number of nitrogens with one attached hydrogen (secondary N) is 1. The Morgan fingerprint density at radius 2 is 1.71 bits per heavy atom. The monoisotopic (exact) mass is 465 g/mol. The predicted octanol–water partition coefficient (Wildman–Crippen LogP) is 5.51. The number of carbonyl (C=O) groups is 1. The van der Waals surface area contributed by atoms with Crippen molar-refractivity contribution in [2.24, 2.45) is 0 Å². The van der Waals surface area contributed by atoms with E-state index >= 15 is 0 Å². The van der Waals surface area contributed by atoms with Crippen LogP contribution in [-0.4, -0.2) is 40.4 Å². The molecule has 0 saturated carbocycles. The van der Waals surface area contributed by atoms with Crippen LogP contribution < -0.4 is 5.32 Å². The third-order valence-corrected chi connectivity index (χ3v) is 5.57. The summed E-state index contributed by atoms with van der Waals surface area (Å²) in [6.45, 7) is -0.526. The van der Waals surface area contributed by atoms with Gasteiger partial charge in [-0.25, -0.2) is 0 Å². The molecule has 1 fully saturated rings. The van der Waals surface area contributed by atoms with Crippen molar-refractivity contribution >= 4 is 17.5 Å². The zero-order chi connectivity index (χ0) is 22.9. The molecule has 11 heteroatoms. The molecule has 0 bridgehead atoms. The van der Waals surface area contributed by atoms with Gasteiger partial charge in [0, 0.05) is 25.0 Å². The zero-order valence-corrected chi connectivity index (χ0v) is 16.7. The highest BCUT2D eigenvalue weighted by atomic mass is 35.5. The zero-order valence-electron chi connectivity index (χ0n) is 16.0. The summed E-state index contributed by atoms with van der Waals surface area (Å²) in [5.41, 5.74) is -4.90. The molecule has 0 spiro atoms. The fourth-order valence-corrected chi connectivity index (χ4v) is 4.05. The summed E-state index contributed by atoms with van der Waals surface area (Å²) < 4.78 is 85.8. The first kappa shape index (κ1) is 23.3. The Kier molecular flexibility index (Phi) is 6.52. The van der Waals surface area contributed by atoms with Crippen LogP contribution in [-0.2, 0) is 0 Å². The summed E-state index contributed by atoms with van der Waals surface area (Å²) in [6, 6.07) is 6.57. The van der Waals surface area contributed by atoms with Gasteiger partial charge in [0.1, 0.15) is 0 Å². The average Bonchev–Trinajstić information content (AvgIpc) is 2.71. The molecule has 0 aliphatic carbocycles. The number of hydrogen-bond acceptors (Lipinski definition) is 3. The molecule has 4 nitrogen and oxygen atoms in total. The third kappa shape index (κ3) is 4.36. The van der Waals surface area contributed by atoms with Crippen LogP contribution in [0.2, 0.25) is 5.02 Å². The van der Waals surface area contributed by atoms with E-state index in [-0.39, 0.29) is 28.3 Å². The number of halogens is 7. The van der Waals surface area contributed by atoms with E-state index in [1.165, 1.54) is 48.0 Å². The van der Waals surface area contributed by atoms with Gasteiger partial charge in [-0.1, -0.05) is 36.2 Å². The lowest BCUT2D eigenvalue weighted by Gasteiger charge is -2.50. The van der Waals surface area contributed by atoms with E-state index in [0.717, 1.165) is 6.07 Å². The molecule has 1 unspecified atom stereocenters. The van der Waals surface area contributed by atoms with Gasteiger partial charge in [-0.05, 0) is 36.6 Å². The number of rotatable bonds is 4. The van der Waals surface area contributed by atoms with E-state index in [0.29, 0.717) is 6.42 Å². The molecule has 1 atom stereocenters. The molecule has 31 heavy (non-hydrogen) atoms. The van der Waals surface area contributed by atoms with E-state index in [1.807, 2.05) is 0 Å². The molecule has 3 rings (SSSR count). The molecule has 1 aromatic carbocycles. The molecular weight excluding hydrogens is 448 g/mol. The van der Waals surface area contributed by atoms with E-state index in [2.05, 4.69) is 4.98 Å². The minimum absolute atomic E-state index is 0.0432. The predicted molar refractivity (Wildman–Crippen MR) is 101 cm³/mol. The Morgan fingerprint density at radius 1 is 1.03 bits per heavy atom. The summed E-state index contributed by atoms with van der Waals surface area (Å²) >= 11 is 5.84. The highest BCUT2D eigenvalue weighted by Crippen LogP contribution is 2.50. The molecular formula is C20H18ClF6N3O. The lowest BCUT2D eigenvalue weighted by molar-refractivity contribution is -0.356. The number of aromatic nitrogens is 1. The Morgan fingerprint density at radius 3 is 2.29 bits per heavy atom. The molecule has 2 heterocycles. The van der Waals surface area contributed by atoms with Crippen molar-refractivity contribution < 1.29 is 31.1 Å². The first-order valence-corrected chi connectivity index (χ1v) is 9.74. The number of pyridine rings is 1. The summed E-state index contributed by atoms with van der Waals surface area (Å²) in [6.07, 6.45) is -8.57. The van der Waals surface area contributed by atoms with E-state index in [4.69, 9.17) is 11.6 Å². The van der Waals surface area contributed by atoms with Gasteiger partial charge in [0.15, 0.2) is 0 Å². The van der Waals surface area contributed by atoms with Crippen molar-refractivity contribution in [2.45, 2.75) is 43.3 Å². The van der Waals surface area contributed by atoms with Crippen molar-refractivity contribution in [3.8, 4) is 0 Å². The highest BCUT2D eigenvalue weighted by Gasteiger charge is 2.76. The lowest BCUT2D eigenvalue weighted by atomic mass is 9.91. The maximum atomic E-state index is 14.3. The Labute approximate surface area is 179 Å². The fourth-order valence-electron chi connectivity index (χ4n) is 3.83.